The number of rotatable bonds is 8. The first kappa shape index (κ1) is 16.2. The number of nitrogens with one attached hydrogen (secondary N) is 1. The summed E-state index contributed by atoms with van der Waals surface area (Å²) in [6.45, 7) is 5.00. The van der Waals surface area contributed by atoms with Crippen LogP contribution in [0.4, 0.5) is 5.13 Å². The molecule has 0 radical (unpaired) electrons. The van der Waals surface area contributed by atoms with E-state index in [2.05, 4.69) is 35.6 Å². The second kappa shape index (κ2) is 8.37. The Morgan fingerprint density at radius 1 is 1.53 bits per heavy atom. The zero-order chi connectivity index (χ0) is 14.3. The minimum atomic E-state index is -0.0457. The van der Waals surface area contributed by atoms with Crippen LogP contribution in [0, 0.1) is 0 Å². The number of hydrogen-bond donors (Lipinski definition) is 1. The van der Waals surface area contributed by atoms with Crippen molar-refractivity contribution in [2.45, 2.75) is 32.7 Å². The number of carbonyl (C=O) groups excluding carboxylic acids is 1. The van der Waals surface area contributed by atoms with Gasteiger partial charge < -0.3 is 10.2 Å². The largest absolute Gasteiger partial charge is 0.360 e. The summed E-state index contributed by atoms with van der Waals surface area (Å²) in [4.78, 5) is 14.0. The van der Waals surface area contributed by atoms with E-state index in [1.54, 1.807) is 16.7 Å². The molecule has 1 heterocycles. The molecule has 0 saturated heterocycles. The van der Waals surface area contributed by atoms with E-state index >= 15 is 0 Å². The Hall–Kier alpha value is -0.820. The third-order valence-corrected chi connectivity index (χ3v) is 4.37. The van der Waals surface area contributed by atoms with Crippen molar-refractivity contribution >= 4 is 34.1 Å². The fourth-order valence-electron chi connectivity index (χ4n) is 1.45. The summed E-state index contributed by atoms with van der Waals surface area (Å²) < 4.78 is 0. The van der Waals surface area contributed by atoms with Crippen molar-refractivity contribution in [1.29, 1.82) is 0 Å². The van der Waals surface area contributed by atoms with Gasteiger partial charge in [0, 0.05) is 19.6 Å². The lowest BCUT2D eigenvalue weighted by Crippen LogP contribution is -2.35. The predicted octanol–water partition coefficient (Wildman–Crippen LogP) is 2.57. The van der Waals surface area contributed by atoms with Crippen LogP contribution < -0.4 is 5.32 Å². The number of hydrogen-bond acceptors (Lipinski definition) is 6. The summed E-state index contributed by atoms with van der Waals surface area (Å²) in [5.41, 5.74) is 0. The van der Waals surface area contributed by atoms with Gasteiger partial charge in [0.2, 0.25) is 10.1 Å². The van der Waals surface area contributed by atoms with Crippen LogP contribution in [0.1, 0.15) is 36.5 Å². The first-order valence-corrected chi connectivity index (χ1v) is 8.64. The first-order valence-electron chi connectivity index (χ1n) is 6.43. The van der Waals surface area contributed by atoms with E-state index in [1.807, 2.05) is 7.05 Å². The van der Waals surface area contributed by atoms with Gasteiger partial charge in [-0.2, -0.15) is 11.8 Å². The van der Waals surface area contributed by atoms with Gasteiger partial charge in [-0.1, -0.05) is 18.3 Å². The van der Waals surface area contributed by atoms with E-state index in [4.69, 9.17) is 0 Å². The molecule has 108 valence electrons. The molecular weight excluding hydrogens is 280 g/mol. The zero-order valence-electron chi connectivity index (χ0n) is 12.0. The summed E-state index contributed by atoms with van der Waals surface area (Å²) in [5.74, 6) is 1.01. The molecule has 0 aromatic carbocycles. The van der Waals surface area contributed by atoms with Gasteiger partial charge in [-0.15, -0.1) is 10.2 Å². The smallest absolute Gasteiger partial charge is 0.284 e. The van der Waals surface area contributed by atoms with Crippen molar-refractivity contribution in [3.8, 4) is 0 Å². The lowest BCUT2D eigenvalue weighted by molar-refractivity contribution is 0.0740. The Morgan fingerprint density at radius 3 is 2.89 bits per heavy atom. The molecule has 1 aromatic rings. The highest BCUT2D eigenvalue weighted by Gasteiger charge is 2.21. The Labute approximate surface area is 123 Å². The molecule has 0 aliphatic rings. The van der Waals surface area contributed by atoms with Gasteiger partial charge >= 0.3 is 0 Å². The van der Waals surface area contributed by atoms with Crippen LogP contribution in [-0.4, -0.2) is 52.6 Å². The highest BCUT2D eigenvalue weighted by Crippen LogP contribution is 2.18. The van der Waals surface area contributed by atoms with Crippen LogP contribution in [0.3, 0.4) is 0 Å². The topological polar surface area (TPSA) is 58.1 Å². The molecule has 5 nitrogen and oxygen atoms in total. The zero-order valence-corrected chi connectivity index (χ0v) is 13.6. The lowest BCUT2D eigenvalue weighted by Gasteiger charge is -2.23. The molecule has 1 atom stereocenters. The van der Waals surface area contributed by atoms with Crippen LogP contribution in [0.2, 0.25) is 0 Å². The van der Waals surface area contributed by atoms with E-state index in [0.717, 1.165) is 30.3 Å². The van der Waals surface area contributed by atoms with Crippen molar-refractivity contribution in [3.05, 3.63) is 5.01 Å². The number of amides is 1. The molecule has 7 heteroatoms. The van der Waals surface area contributed by atoms with E-state index in [0.29, 0.717) is 5.01 Å². The van der Waals surface area contributed by atoms with Crippen molar-refractivity contribution in [2.75, 3.05) is 30.9 Å². The molecule has 0 bridgehead atoms. The lowest BCUT2D eigenvalue weighted by atomic mass is 10.2. The van der Waals surface area contributed by atoms with Crippen molar-refractivity contribution < 1.29 is 4.79 Å². The highest BCUT2D eigenvalue weighted by molar-refractivity contribution is 7.98. The molecule has 0 aliphatic heterocycles. The fourth-order valence-corrected chi connectivity index (χ4v) is 2.77. The second-order valence-electron chi connectivity index (χ2n) is 4.39. The second-order valence-corrected chi connectivity index (χ2v) is 6.35. The van der Waals surface area contributed by atoms with Gasteiger partial charge in [-0.3, -0.25) is 4.79 Å². The van der Waals surface area contributed by atoms with Gasteiger partial charge in [-0.25, -0.2) is 0 Å². The number of anilines is 1. The molecule has 1 amide bonds. The van der Waals surface area contributed by atoms with Crippen molar-refractivity contribution in [3.63, 3.8) is 0 Å². The van der Waals surface area contributed by atoms with E-state index < -0.39 is 0 Å². The Morgan fingerprint density at radius 2 is 2.26 bits per heavy atom. The van der Waals surface area contributed by atoms with E-state index in [-0.39, 0.29) is 11.9 Å². The minimum absolute atomic E-state index is 0.0457. The number of nitrogens with zero attached hydrogens (tertiary/aromatic N) is 3. The van der Waals surface area contributed by atoms with Crippen LogP contribution in [0.15, 0.2) is 0 Å². The Kier molecular flexibility index (Phi) is 7.15. The Balaban J connectivity index is 2.58. The summed E-state index contributed by atoms with van der Waals surface area (Å²) >= 11 is 3.12. The molecule has 1 N–H and O–H groups in total. The van der Waals surface area contributed by atoms with Crippen molar-refractivity contribution in [2.24, 2.45) is 0 Å². The molecule has 1 rings (SSSR count). The molecule has 1 unspecified atom stereocenters. The molecule has 0 fully saturated rings. The monoisotopic (exact) mass is 302 g/mol. The average molecular weight is 302 g/mol. The van der Waals surface area contributed by atoms with Gasteiger partial charge in [0.25, 0.3) is 5.91 Å². The third-order valence-electron chi connectivity index (χ3n) is 2.86. The maximum absolute atomic E-state index is 12.2. The van der Waals surface area contributed by atoms with Gasteiger partial charge in [0.1, 0.15) is 0 Å². The molecular formula is C12H22N4OS2. The Bertz CT molecular complexity index is 397. The first-order chi connectivity index (χ1) is 9.10. The van der Waals surface area contributed by atoms with Gasteiger partial charge in [-0.05, 0) is 31.8 Å². The molecule has 0 aliphatic carbocycles. The summed E-state index contributed by atoms with van der Waals surface area (Å²) in [6.07, 6.45) is 4.09. The van der Waals surface area contributed by atoms with E-state index in [9.17, 15) is 4.79 Å². The molecule has 19 heavy (non-hydrogen) atoms. The third kappa shape index (κ3) is 4.99. The molecule has 0 spiro atoms. The summed E-state index contributed by atoms with van der Waals surface area (Å²) in [6, 6.07) is 0.218. The van der Waals surface area contributed by atoms with E-state index in [1.165, 1.54) is 11.3 Å². The number of aromatic nitrogens is 2. The van der Waals surface area contributed by atoms with Gasteiger partial charge in [0.15, 0.2) is 0 Å². The number of thioether (sulfide) groups is 1. The predicted molar refractivity (Wildman–Crippen MR) is 83.2 cm³/mol. The molecule has 1 aromatic heterocycles. The average Bonchev–Trinajstić information content (AvgIpc) is 2.89. The minimum Gasteiger partial charge on any atom is -0.360 e. The normalized spacial score (nSPS) is 12.2. The van der Waals surface area contributed by atoms with Crippen molar-refractivity contribution in [1.82, 2.24) is 15.1 Å². The van der Waals surface area contributed by atoms with Crippen LogP contribution in [0.5, 0.6) is 0 Å². The maximum Gasteiger partial charge on any atom is 0.284 e. The number of carbonyl (C=O) groups is 1. The quantitative estimate of drug-likeness (QED) is 0.800. The standard InChI is InChI=1S/C12H22N4OS2/c1-5-7-13-12-15-14-10(19-12)11(17)16(3)9(2)6-8-18-4/h9H,5-8H2,1-4H3,(H,13,15). The van der Waals surface area contributed by atoms with Crippen LogP contribution in [-0.2, 0) is 0 Å². The van der Waals surface area contributed by atoms with Crippen LogP contribution in [0.25, 0.3) is 0 Å². The van der Waals surface area contributed by atoms with Gasteiger partial charge in [0.05, 0.1) is 0 Å². The maximum atomic E-state index is 12.2. The SMILES string of the molecule is CCCNc1nnc(C(=O)N(C)C(C)CCSC)s1. The van der Waals surface area contributed by atoms with Crippen LogP contribution >= 0.6 is 23.1 Å². The summed E-state index contributed by atoms with van der Waals surface area (Å²) in [7, 11) is 1.83. The fraction of sp³-hybridized carbons (Fsp3) is 0.750. The summed E-state index contributed by atoms with van der Waals surface area (Å²) in [5, 5.41) is 12.3. The molecule has 0 saturated carbocycles. The highest BCUT2D eigenvalue weighted by atomic mass is 32.2.